The topological polar surface area (TPSA) is 74.0 Å². The third-order valence-corrected chi connectivity index (χ3v) is 6.35. The third kappa shape index (κ3) is 4.69. The number of amides is 1. The molecule has 166 valence electrons. The zero-order valence-electron chi connectivity index (χ0n) is 19.3. The van der Waals surface area contributed by atoms with Crippen LogP contribution >= 0.6 is 0 Å². The monoisotopic (exact) mass is 422 g/mol. The molecule has 1 aliphatic rings. The number of hydrogen-bond donors (Lipinski definition) is 2. The molecule has 1 aliphatic heterocycles. The summed E-state index contributed by atoms with van der Waals surface area (Å²) in [4.78, 5) is 18.2. The van der Waals surface area contributed by atoms with Crippen molar-refractivity contribution >= 4 is 22.5 Å². The molecule has 1 saturated heterocycles. The van der Waals surface area contributed by atoms with Crippen molar-refractivity contribution in [1.82, 2.24) is 15.2 Å². The van der Waals surface area contributed by atoms with E-state index in [2.05, 4.69) is 61.1 Å². The van der Waals surface area contributed by atoms with E-state index in [1.807, 2.05) is 13.1 Å². The second-order valence-electron chi connectivity index (χ2n) is 9.97. The van der Waals surface area contributed by atoms with Gasteiger partial charge in [-0.1, -0.05) is 26.8 Å². The quantitative estimate of drug-likeness (QED) is 0.591. The molecule has 1 fully saturated rings. The molecule has 0 radical (unpaired) electrons. The van der Waals surface area contributed by atoms with Gasteiger partial charge in [0.25, 0.3) is 0 Å². The molecule has 0 unspecified atom stereocenters. The SMILES string of the molecule is Cc1[nH]nc(-c2cc3ccc(N(C)C(=O)C4CCOCC4)cc3[nH]2)c1CCC(C)(C)C. The van der Waals surface area contributed by atoms with Gasteiger partial charge in [0, 0.05) is 54.0 Å². The fraction of sp³-hybridized carbons (Fsp3) is 0.520. The van der Waals surface area contributed by atoms with E-state index in [1.54, 1.807) is 4.90 Å². The van der Waals surface area contributed by atoms with Crippen molar-refractivity contribution in [3.8, 4) is 11.4 Å². The molecule has 6 heteroatoms. The van der Waals surface area contributed by atoms with E-state index in [0.29, 0.717) is 13.2 Å². The summed E-state index contributed by atoms with van der Waals surface area (Å²) in [6.07, 6.45) is 3.69. The van der Waals surface area contributed by atoms with Crippen LogP contribution in [-0.2, 0) is 16.0 Å². The second-order valence-corrected chi connectivity index (χ2v) is 9.97. The van der Waals surface area contributed by atoms with Gasteiger partial charge in [-0.15, -0.1) is 0 Å². The number of hydrogen-bond acceptors (Lipinski definition) is 3. The van der Waals surface area contributed by atoms with Gasteiger partial charge in [-0.25, -0.2) is 0 Å². The highest BCUT2D eigenvalue weighted by Gasteiger charge is 2.25. The molecule has 0 aliphatic carbocycles. The van der Waals surface area contributed by atoms with Crippen molar-refractivity contribution in [3.63, 3.8) is 0 Å². The van der Waals surface area contributed by atoms with Crippen LogP contribution in [0.3, 0.4) is 0 Å². The molecule has 0 spiro atoms. The fourth-order valence-corrected chi connectivity index (χ4v) is 4.28. The molecule has 31 heavy (non-hydrogen) atoms. The van der Waals surface area contributed by atoms with Gasteiger partial charge < -0.3 is 14.6 Å². The summed E-state index contributed by atoms with van der Waals surface area (Å²) in [6.45, 7) is 10.2. The maximum Gasteiger partial charge on any atom is 0.230 e. The largest absolute Gasteiger partial charge is 0.381 e. The van der Waals surface area contributed by atoms with Crippen LogP contribution in [0.1, 0.15) is 51.3 Å². The molecule has 1 aromatic carbocycles. The maximum absolute atomic E-state index is 12.9. The molecular formula is C25H34N4O2. The van der Waals surface area contributed by atoms with E-state index >= 15 is 0 Å². The second kappa shape index (κ2) is 8.50. The van der Waals surface area contributed by atoms with E-state index in [9.17, 15) is 4.79 Å². The van der Waals surface area contributed by atoms with Gasteiger partial charge in [0.1, 0.15) is 5.69 Å². The van der Waals surface area contributed by atoms with Gasteiger partial charge in [-0.3, -0.25) is 9.89 Å². The zero-order chi connectivity index (χ0) is 22.2. The molecular weight excluding hydrogens is 388 g/mol. The number of anilines is 1. The summed E-state index contributed by atoms with van der Waals surface area (Å²) in [6, 6.07) is 8.31. The van der Waals surface area contributed by atoms with E-state index < -0.39 is 0 Å². The standard InChI is InChI=1S/C25H34N4O2/c1-16-20(8-11-25(2,3)4)23(28-27-16)22-14-18-6-7-19(15-21(18)26-22)29(5)24(30)17-9-12-31-13-10-17/h6-7,14-15,17,26H,8-13H2,1-5H3,(H,27,28). The zero-order valence-corrected chi connectivity index (χ0v) is 19.3. The predicted octanol–water partition coefficient (Wildman–Crippen LogP) is 5.23. The van der Waals surface area contributed by atoms with Crippen LogP contribution in [0.15, 0.2) is 24.3 Å². The highest BCUT2D eigenvalue weighted by Crippen LogP contribution is 2.32. The Kier molecular flexibility index (Phi) is 5.93. The van der Waals surface area contributed by atoms with Crippen LogP contribution in [-0.4, -0.2) is 41.3 Å². The van der Waals surface area contributed by atoms with Crippen molar-refractivity contribution in [2.75, 3.05) is 25.2 Å². The molecule has 3 heterocycles. The summed E-state index contributed by atoms with van der Waals surface area (Å²) in [5.41, 5.74) is 6.60. The van der Waals surface area contributed by atoms with Gasteiger partial charge in [0.15, 0.2) is 0 Å². The van der Waals surface area contributed by atoms with Crippen LogP contribution in [0.5, 0.6) is 0 Å². The molecule has 6 nitrogen and oxygen atoms in total. The number of aromatic amines is 2. The Labute approximate surface area is 184 Å². The van der Waals surface area contributed by atoms with Gasteiger partial charge in [0.2, 0.25) is 5.91 Å². The summed E-state index contributed by atoms with van der Waals surface area (Å²) in [5, 5.41) is 8.88. The number of carbonyl (C=O) groups is 1. The lowest BCUT2D eigenvalue weighted by atomic mass is 9.88. The van der Waals surface area contributed by atoms with Crippen LogP contribution in [0.25, 0.3) is 22.3 Å². The Morgan fingerprint density at radius 1 is 1.23 bits per heavy atom. The predicted molar refractivity (Wildman–Crippen MR) is 125 cm³/mol. The number of carbonyl (C=O) groups excluding carboxylic acids is 1. The smallest absolute Gasteiger partial charge is 0.230 e. The molecule has 0 bridgehead atoms. The molecule has 2 aromatic heterocycles. The molecule has 1 amide bonds. The van der Waals surface area contributed by atoms with Gasteiger partial charge in [-0.2, -0.15) is 5.10 Å². The fourth-order valence-electron chi connectivity index (χ4n) is 4.28. The molecule has 0 atom stereocenters. The third-order valence-electron chi connectivity index (χ3n) is 6.35. The van der Waals surface area contributed by atoms with Gasteiger partial charge in [-0.05, 0) is 56.2 Å². The first-order chi connectivity index (χ1) is 14.7. The Balaban J connectivity index is 1.59. The average molecular weight is 423 g/mol. The van der Waals surface area contributed by atoms with Gasteiger partial charge in [0.05, 0.1) is 5.69 Å². The van der Waals surface area contributed by atoms with Crippen molar-refractivity contribution in [2.24, 2.45) is 11.3 Å². The Bertz CT molecular complexity index is 1070. The molecule has 3 aromatic rings. The summed E-state index contributed by atoms with van der Waals surface area (Å²) in [7, 11) is 1.87. The summed E-state index contributed by atoms with van der Waals surface area (Å²) in [5.74, 6) is 0.216. The lowest BCUT2D eigenvalue weighted by Gasteiger charge is -2.26. The first-order valence-electron chi connectivity index (χ1n) is 11.3. The molecule has 0 saturated carbocycles. The van der Waals surface area contributed by atoms with Crippen LogP contribution in [0.2, 0.25) is 0 Å². The minimum Gasteiger partial charge on any atom is -0.381 e. The summed E-state index contributed by atoms with van der Waals surface area (Å²) >= 11 is 0. The molecule has 4 rings (SSSR count). The number of benzene rings is 1. The van der Waals surface area contributed by atoms with Crippen molar-refractivity contribution < 1.29 is 9.53 Å². The highest BCUT2D eigenvalue weighted by molar-refractivity contribution is 5.97. The Morgan fingerprint density at radius 3 is 2.68 bits per heavy atom. The molecule has 2 N–H and O–H groups in total. The number of aryl methyl sites for hydroxylation is 1. The number of H-pyrrole nitrogens is 2. The minimum atomic E-state index is 0.0473. The van der Waals surface area contributed by atoms with Crippen LogP contribution < -0.4 is 4.90 Å². The number of fused-ring (bicyclic) bond motifs is 1. The first-order valence-corrected chi connectivity index (χ1v) is 11.3. The number of rotatable bonds is 5. The highest BCUT2D eigenvalue weighted by atomic mass is 16.5. The minimum absolute atomic E-state index is 0.0473. The van der Waals surface area contributed by atoms with E-state index in [4.69, 9.17) is 4.74 Å². The van der Waals surface area contributed by atoms with E-state index in [1.165, 1.54) is 5.56 Å². The number of ether oxygens (including phenoxy) is 1. The lowest BCUT2D eigenvalue weighted by molar-refractivity contribution is -0.124. The Hall–Kier alpha value is -2.60. The maximum atomic E-state index is 12.9. The Morgan fingerprint density at radius 2 is 1.97 bits per heavy atom. The lowest BCUT2D eigenvalue weighted by Crippen LogP contribution is -2.35. The average Bonchev–Trinajstić information content (AvgIpc) is 3.33. The first kappa shape index (κ1) is 21.6. The number of nitrogens with one attached hydrogen (secondary N) is 2. The van der Waals surface area contributed by atoms with Gasteiger partial charge >= 0.3 is 0 Å². The van der Waals surface area contributed by atoms with Crippen molar-refractivity contribution in [1.29, 1.82) is 0 Å². The normalized spacial score (nSPS) is 15.5. The van der Waals surface area contributed by atoms with Crippen LogP contribution in [0.4, 0.5) is 5.69 Å². The number of aromatic nitrogens is 3. The number of nitrogens with zero attached hydrogens (tertiary/aromatic N) is 2. The van der Waals surface area contributed by atoms with E-state index in [0.717, 1.165) is 59.4 Å². The van der Waals surface area contributed by atoms with Crippen LogP contribution in [0, 0.1) is 18.3 Å². The summed E-state index contributed by atoms with van der Waals surface area (Å²) < 4.78 is 5.40. The van der Waals surface area contributed by atoms with E-state index in [-0.39, 0.29) is 17.2 Å². The van der Waals surface area contributed by atoms with Crippen molar-refractivity contribution in [2.45, 2.75) is 53.4 Å². The van der Waals surface area contributed by atoms with Crippen molar-refractivity contribution in [3.05, 3.63) is 35.5 Å².